The molecule has 0 aliphatic rings. The molecule has 102 valence electrons. The van der Waals surface area contributed by atoms with E-state index in [0.29, 0.717) is 17.8 Å². The Balaban J connectivity index is 2.40. The molecule has 19 heavy (non-hydrogen) atoms. The highest BCUT2D eigenvalue weighted by Crippen LogP contribution is 2.32. The molecule has 0 aliphatic heterocycles. The van der Waals surface area contributed by atoms with Crippen molar-refractivity contribution in [2.75, 3.05) is 11.8 Å². The van der Waals surface area contributed by atoms with Crippen LogP contribution in [0.15, 0.2) is 24.3 Å². The van der Waals surface area contributed by atoms with Crippen molar-refractivity contribution in [1.82, 2.24) is 20.2 Å². The van der Waals surface area contributed by atoms with Gasteiger partial charge >= 0.3 is 0 Å². The van der Waals surface area contributed by atoms with E-state index in [2.05, 4.69) is 15.4 Å². The number of aromatic nitrogens is 4. The van der Waals surface area contributed by atoms with Crippen LogP contribution in [0, 0.1) is 5.82 Å². The molecule has 0 aliphatic carbocycles. The zero-order valence-corrected chi connectivity index (χ0v) is 11.9. The highest BCUT2D eigenvalue weighted by atomic mass is 35.5. The topological polar surface area (TPSA) is 43.6 Å². The summed E-state index contributed by atoms with van der Waals surface area (Å²) < 4.78 is 14.0. The van der Waals surface area contributed by atoms with Crippen LogP contribution in [0.1, 0.15) is 11.4 Å². The van der Waals surface area contributed by atoms with Crippen LogP contribution >= 0.6 is 23.2 Å². The summed E-state index contributed by atoms with van der Waals surface area (Å²) in [5, 5.41) is 11.8. The monoisotopic (exact) mass is 302 g/mol. The number of hydrogen-bond donors (Lipinski definition) is 0. The summed E-state index contributed by atoms with van der Waals surface area (Å²) in [6.07, 6.45) is 0.342. The van der Waals surface area contributed by atoms with Crippen LogP contribution < -0.4 is 0 Å². The summed E-state index contributed by atoms with van der Waals surface area (Å²) in [6, 6.07) is 6.48. The molecule has 0 radical (unpaired) electrons. The molecule has 1 heterocycles. The molecule has 0 fully saturated rings. The van der Waals surface area contributed by atoms with E-state index in [1.807, 2.05) is 0 Å². The number of halogens is 3. The van der Waals surface area contributed by atoms with Crippen molar-refractivity contribution in [2.45, 2.75) is 11.8 Å². The van der Waals surface area contributed by atoms with Gasteiger partial charge in [-0.15, -0.1) is 33.4 Å². The predicted molar refractivity (Wildman–Crippen MR) is 72.0 cm³/mol. The van der Waals surface area contributed by atoms with Crippen molar-refractivity contribution in [3.05, 3.63) is 41.5 Å². The molecule has 0 bridgehead atoms. The normalized spacial score (nSPS) is 11.8. The maximum Gasteiger partial charge on any atom is 0.175 e. The van der Waals surface area contributed by atoms with Crippen molar-refractivity contribution in [2.24, 2.45) is 7.05 Å². The fraction of sp³-hybridized carbons (Fsp3) is 0.417. The summed E-state index contributed by atoms with van der Waals surface area (Å²) >= 11 is 12.1. The number of alkyl halides is 2. The lowest BCUT2D eigenvalue weighted by Crippen LogP contribution is -2.35. The Labute approximate surface area is 120 Å². The van der Waals surface area contributed by atoms with Gasteiger partial charge in [-0.25, -0.2) is 4.39 Å². The van der Waals surface area contributed by atoms with Crippen molar-refractivity contribution in [3.8, 4) is 0 Å². The number of nitrogens with zero attached hydrogens (tertiary/aromatic N) is 4. The molecule has 2 rings (SSSR count). The summed E-state index contributed by atoms with van der Waals surface area (Å²) in [5.41, 5.74) is -0.259. The second-order valence-electron chi connectivity index (χ2n) is 4.40. The Morgan fingerprint density at radius 2 is 1.95 bits per heavy atom. The van der Waals surface area contributed by atoms with Crippen molar-refractivity contribution in [3.63, 3.8) is 0 Å². The first-order chi connectivity index (χ1) is 9.11. The predicted octanol–water partition coefficient (Wildman–Crippen LogP) is 2.31. The Morgan fingerprint density at radius 3 is 2.47 bits per heavy atom. The summed E-state index contributed by atoms with van der Waals surface area (Å²) in [4.78, 5) is 1.35. The molecule has 0 saturated carbocycles. The smallest absolute Gasteiger partial charge is 0.175 e. The molecule has 1 aromatic heterocycles. The van der Waals surface area contributed by atoms with Gasteiger partial charge in [0.15, 0.2) is 5.82 Å². The van der Waals surface area contributed by atoms with Gasteiger partial charge in [-0.2, -0.15) is 4.80 Å². The molecule has 0 spiro atoms. The van der Waals surface area contributed by atoms with Gasteiger partial charge < -0.3 is 0 Å². The average Bonchev–Trinajstić information content (AvgIpc) is 2.82. The molecule has 0 N–H and O–H groups in total. The van der Waals surface area contributed by atoms with Crippen LogP contribution in [-0.2, 0) is 18.9 Å². The number of hydrogen-bond acceptors (Lipinski definition) is 3. The minimum atomic E-state index is -0.739. The maximum absolute atomic E-state index is 14.0. The van der Waals surface area contributed by atoms with E-state index in [9.17, 15) is 4.39 Å². The van der Waals surface area contributed by atoms with Gasteiger partial charge in [0.25, 0.3) is 0 Å². The lowest BCUT2D eigenvalue weighted by molar-refractivity contribution is 0.479. The molecule has 0 saturated heterocycles. The first-order valence-electron chi connectivity index (χ1n) is 5.71. The van der Waals surface area contributed by atoms with Crippen molar-refractivity contribution < 1.29 is 4.39 Å². The second-order valence-corrected chi connectivity index (χ2v) is 4.93. The molecule has 0 atom stereocenters. The van der Waals surface area contributed by atoms with E-state index < -0.39 is 5.41 Å². The Morgan fingerprint density at radius 1 is 1.26 bits per heavy atom. The van der Waals surface area contributed by atoms with Gasteiger partial charge in [-0.3, -0.25) is 0 Å². The molecule has 7 heteroatoms. The molecule has 0 amide bonds. The standard InChI is InChI=1S/C12H13Cl2FN4/c1-19-17-11(16-18-19)6-12(7-13,8-14)9-4-2-3-5-10(9)15/h2-5H,6-8H2,1H3. The summed E-state index contributed by atoms with van der Waals surface area (Å²) in [6.45, 7) is 0. The molecular formula is C12H13Cl2FN4. The van der Waals surface area contributed by atoms with E-state index in [1.54, 1.807) is 25.2 Å². The number of tetrazole rings is 1. The zero-order chi connectivity index (χ0) is 13.9. The molecule has 0 unspecified atom stereocenters. The second kappa shape index (κ2) is 5.84. The average molecular weight is 303 g/mol. The van der Waals surface area contributed by atoms with Crippen LogP contribution in [0.5, 0.6) is 0 Å². The molecule has 4 nitrogen and oxygen atoms in total. The van der Waals surface area contributed by atoms with E-state index in [0.717, 1.165) is 0 Å². The quantitative estimate of drug-likeness (QED) is 0.796. The fourth-order valence-corrected chi connectivity index (χ4v) is 2.72. The number of benzene rings is 1. The third kappa shape index (κ3) is 2.87. The number of rotatable bonds is 5. The summed E-state index contributed by atoms with van der Waals surface area (Å²) in [7, 11) is 1.67. The van der Waals surface area contributed by atoms with Crippen molar-refractivity contribution in [1.29, 1.82) is 0 Å². The lowest BCUT2D eigenvalue weighted by Gasteiger charge is -2.29. The third-order valence-electron chi connectivity index (χ3n) is 3.00. The Hall–Kier alpha value is -1.20. The Bertz CT molecular complexity index is 554. The fourth-order valence-electron chi connectivity index (χ4n) is 1.96. The van der Waals surface area contributed by atoms with Gasteiger partial charge in [0.1, 0.15) is 5.82 Å². The van der Waals surface area contributed by atoms with Crippen LogP contribution in [-0.4, -0.2) is 32.0 Å². The lowest BCUT2D eigenvalue weighted by atomic mass is 9.80. The van der Waals surface area contributed by atoms with Gasteiger partial charge in [0, 0.05) is 23.6 Å². The largest absolute Gasteiger partial charge is 0.207 e. The number of aryl methyl sites for hydroxylation is 1. The van der Waals surface area contributed by atoms with Gasteiger partial charge in [-0.1, -0.05) is 18.2 Å². The molecular weight excluding hydrogens is 290 g/mol. The van der Waals surface area contributed by atoms with E-state index in [4.69, 9.17) is 23.2 Å². The first-order valence-corrected chi connectivity index (χ1v) is 6.78. The molecule has 2 aromatic rings. The third-order valence-corrected chi connectivity index (χ3v) is 4.03. The van der Waals surface area contributed by atoms with Crippen molar-refractivity contribution >= 4 is 23.2 Å². The summed E-state index contributed by atoms with van der Waals surface area (Å²) in [5.74, 6) is 0.519. The SMILES string of the molecule is Cn1nnc(CC(CCl)(CCl)c2ccccc2F)n1. The highest BCUT2D eigenvalue weighted by molar-refractivity contribution is 6.22. The first kappa shape index (κ1) is 14.2. The van der Waals surface area contributed by atoms with Crippen LogP contribution in [0.2, 0.25) is 0 Å². The van der Waals surface area contributed by atoms with Crippen LogP contribution in [0.3, 0.4) is 0 Å². The Kier molecular flexibility index (Phi) is 4.37. The highest BCUT2D eigenvalue weighted by Gasteiger charge is 2.35. The van der Waals surface area contributed by atoms with E-state index >= 15 is 0 Å². The van der Waals surface area contributed by atoms with E-state index in [-0.39, 0.29) is 17.6 Å². The molecule has 1 aromatic carbocycles. The van der Waals surface area contributed by atoms with Gasteiger partial charge in [0.2, 0.25) is 0 Å². The van der Waals surface area contributed by atoms with Gasteiger partial charge in [0.05, 0.1) is 7.05 Å². The minimum absolute atomic E-state index is 0.176. The minimum Gasteiger partial charge on any atom is -0.207 e. The van der Waals surface area contributed by atoms with E-state index in [1.165, 1.54) is 10.9 Å². The maximum atomic E-state index is 14.0. The van der Waals surface area contributed by atoms with Crippen LogP contribution in [0.25, 0.3) is 0 Å². The zero-order valence-electron chi connectivity index (χ0n) is 10.4. The van der Waals surface area contributed by atoms with Crippen LogP contribution in [0.4, 0.5) is 4.39 Å². The van der Waals surface area contributed by atoms with Gasteiger partial charge in [-0.05, 0) is 16.8 Å².